The Morgan fingerprint density at radius 2 is 2.22 bits per heavy atom. The second-order valence-corrected chi connectivity index (χ2v) is 1.67. The maximum Gasteiger partial charge on any atom is 0.305 e. The van der Waals surface area contributed by atoms with Gasteiger partial charge >= 0.3 is 5.97 Å². The van der Waals surface area contributed by atoms with E-state index in [0.717, 1.165) is 0 Å². The van der Waals surface area contributed by atoms with Gasteiger partial charge in [-0.25, -0.2) is 0 Å². The number of rotatable bonds is 4. The molecule has 4 heteroatoms. The van der Waals surface area contributed by atoms with Crippen LogP contribution in [0.5, 0.6) is 0 Å². The van der Waals surface area contributed by atoms with Gasteiger partial charge in [0.15, 0.2) is 0 Å². The molecule has 0 saturated heterocycles. The Labute approximate surface area is 60.0 Å². The molecule has 54 valence electrons. The van der Waals surface area contributed by atoms with Crippen molar-refractivity contribution in [3.05, 3.63) is 0 Å². The van der Waals surface area contributed by atoms with E-state index in [2.05, 4.69) is 21.8 Å². The lowest BCUT2D eigenvalue weighted by Crippen LogP contribution is -2.06. The minimum atomic E-state index is -0.208. The van der Waals surface area contributed by atoms with Gasteiger partial charge in [0.1, 0.15) is 6.61 Å². The fourth-order valence-corrected chi connectivity index (χ4v) is 0.369. The summed E-state index contributed by atoms with van der Waals surface area (Å²) < 4.78 is 8.97. The molecule has 0 atom stereocenters. The lowest BCUT2D eigenvalue weighted by molar-refractivity contribution is -0.143. The summed E-state index contributed by atoms with van der Waals surface area (Å²) in [5.41, 5.74) is 0. The number of thiol groups is 1. The van der Waals surface area contributed by atoms with Crippen LogP contribution >= 0.6 is 12.9 Å². The third-order valence-electron chi connectivity index (χ3n) is 0.726. The topological polar surface area (TPSA) is 35.5 Å². The number of hydrogen-bond donors (Lipinski definition) is 1. The Morgan fingerprint density at radius 3 is 2.67 bits per heavy atom. The van der Waals surface area contributed by atoms with E-state index in [0.29, 0.717) is 13.0 Å². The molecule has 0 heterocycles. The Kier molecular flexibility index (Phi) is 5.76. The molecule has 3 nitrogen and oxygen atoms in total. The third-order valence-corrected chi connectivity index (χ3v) is 0.909. The van der Waals surface area contributed by atoms with Crippen LogP contribution in [0.25, 0.3) is 0 Å². The molecule has 0 aromatic heterocycles. The van der Waals surface area contributed by atoms with Gasteiger partial charge in [-0.1, -0.05) is 6.92 Å². The minimum absolute atomic E-state index is 0.208. The van der Waals surface area contributed by atoms with Gasteiger partial charge in [0.05, 0.1) is 6.61 Å². The van der Waals surface area contributed by atoms with E-state index in [4.69, 9.17) is 0 Å². The van der Waals surface area contributed by atoms with Gasteiger partial charge in [-0.15, -0.1) is 0 Å². The van der Waals surface area contributed by atoms with E-state index in [1.807, 2.05) is 0 Å². The summed E-state index contributed by atoms with van der Waals surface area (Å²) in [5.74, 6) is -0.208. The smallest absolute Gasteiger partial charge is 0.305 e. The van der Waals surface area contributed by atoms with Crippen LogP contribution in [-0.2, 0) is 13.7 Å². The molecular weight excluding hydrogens is 140 g/mol. The first-order valence-electron chi connectivity index (χ1n) is 2.73. The highest BCUT2D eigenvalue weighted by Crippen LogP contribution is 1.85. The summed E-state index contributed by atoms with van der Waals surface area (Å²) in [6.07, 6.45) is 0.409. The second kappa shape index (κ2) is 5.91. The van der Waals surface area contributed by atoms with Crippen LogP contribution in [0.1, 0.15) is 13.3 Å². The molecular formula is C5H10O3S. The number of carbonyl (C=O) groups is 1. The summed E-state index contributed by atoms with van der Waals surface area (Å²) in [6, 6.07) is 0. The first kappa shape index (κ1) is 8.78. The summed E-state index contributed by atoms with van der Waals surface area (Å²) in [4.78, 5) is 10.4. The van der Waals surface area contributed by atoms with Crippen molar-refractivity contribution in [1.82, 2.24) is 0 Å². The van der Waals surface area contributed by atoms with E-state index in [-0.39, 0.29) is 12.6 Å². The van der Waals surface area contributed by atoms with Crippen molar-refractivity contribution in [2.45, 2.75) is 13.3 Å². The van der Waals surface area contributed by atoms with Crippen molar-refractivity contribution in [3.8, 4) is 0 Å². The van der Waals surface area contributed by atoms with E-state index >= 15 is 0 Å². The Balaban J connectivity index is 2.97. The highest BCUT2D eigenvalue weighted by Gasteiger charge is 1.95. The normalized spacial score (nSPS) is 9.11. The molecule has 0 aliphatic heterocycles. The van der Waals surface area contributed by atoms with Crippen molar-refractivity contribution in [2.24, 2.45) is 0 Å². The largest absolute Gasteiger partial charge is 0.463 e. The van der Waals surface area contributed by atoms with Gasteiger partial charge in [-0.05, 0) is 12.9 Å². The zero-order chi connectivity index (χ0) is 7.11. The maximum absolute atomic E-state index is 10.4. The van der Waals surface area contributed by atoms with E-state index < -0.39 is 0 Å². The monoisotopic (exact) mass is 150 g/mol. The third kappa shape index (κ3) is 5.65. The van der Waals surface area contributed by atoms with Crippen LogP contribution in [0, 0.1) is 0 Å². The van der Waals surface area contributed by atoms with Crippen molar-refractivity contribution < 1.29 is 13.7 Å². The first-order chi connectivity index (χ1) is 4.31. The molecule has 0 aromatic carbocycles. The molecule has 0 fully saturated rings. The summed E-state index contributed by atoms with van der Waals surface area (Å²) in [7, 11) is 0. The average molecular weight is 150 g/mol. The van der Waals surface area contributed by atoms with Gasteiger partial charge in [0.25, 0.3) is 0 Å². The fraction of sp³-hybridized carbons (Fsp3) is 0.800. The molecule has 0 N–H and O–H groups in total. The Morgan fingerprint density at radius 1 is 1.56 bits per heavy atom. The summed E-state index contributed by atoms with van der Waals surface area (Å²) >= 11 is 3.46. The van der Waals surface area contributed by atoms with Crippen LogP contribution in [0.4, 0.5) is 0 Å². The number of hydrogen-bond acceptors (Lipinski definition) is 4. The lowest BCUT2D eigenvalue weighted by Gasteiger charge is -1.99. The van der Waals surface area contributed by atoms with Crippen molar-refractivity contribution in [1.29, 1.82) is 0 Å². The standard InChI is InChI=1S/C5H10O3S/c1-2-5(6)7-3-4-8-9/h9H,2-4H2,1H3. The van der Waals surface area contributed by atoms with E-state index in [1.165, 1.54) is 0 Å². The minimum Gasteiger partial charge on any atom is -0.463 e. The van der Waals surface area contributed by atoms with Gasteiger partial charge in [-0.3, -0.25) is 4.79 Å². The van der Waals surface area contributed by atoms with Crippen molar-refractivity contribution in [3.63, 3.8) is 0 Å². The van der Waals surface area contributed by atoms with Gasteiger partial charge in [0.2, 0.25) is 0 Å². The van der Waals surface area contributed by atoms with Gasteiger partial charge in [-0.2, -0.15) is 0 Å². The number of esters is 1. The van der Waals surface area contributed by atoms with Gasteiger partial charge < -0.3 is 8.92 Å². The van der Waals surface area contributed by atoms with Crippen molar-refractivity contribution >= 4 is 18.9 Å². The van der Waals surface area contributed by atoms with Crippen LogP contribution in [0.15, 0.2) is 0 Å². The molecule has 0 rings (SSSR count). The molecule has 0 saturated carbocycles. The van der Waals surface area contributed by atoms with Gasteiger partial charge in [0, 0.05) is 6.42 Å². The molecule has 0 aromatic rings. The van der Waals surface area contributed by atoms with Crippen LogP contribution in [0.3, 0.4) is 0 Å². The predicted octanol–water partition coefficient (Wildman–Crippen LogP) is 0.801. The summed E-state index contributed by atoms with van der Waals surface area (Å²) in [5, 5.41) is 0. The quantitative estimate of drug-likeness (QED) is 0.279. The lowest BCUT2D eigenvalue weighted by atomic mass is 10.5. The predicted molar refractivity (Wildman–Crippen MR) is 36.2 cm³/mol. The molecule has 0 aliphatic carbocycles. The zero-order valence-electron chi connectivity index (χ0n) is 5.29. The molecule has 0 amide bonds. The molecule has 0 aliphatic rings. The first-order valence-corrected chi connectivity index (χ1v) is 3.09. The molecule has 0 spiro atoms. The fourth-order valence-electron chi connectivity index (χ4n) is 0.295. The summed E-state index contributed by atoms with van der Waals surface area (Å²) in [6.45, 7) is 2.37. The average Bonchev–Trinajstić information content (AvgIpc) is 1.89. The van der Waals surface area contributed by atoms with E-state index in [1.54, 1.807) is 6.92 Å². The van der Waals surface area contributed by atoms with Crippen LogP contribution in [-0.4, -0.2) is 19.2 Å². The molecule has 9 heavy (non-hydrogen) atoms. The highest BCUT2D eigenvalue weighted by molar-refractivity contribution is 7.75. The van der Waals surface area contributed by atoms with E-state index in [9.17, 15) is 4.79 Å². The zero-order valence-corrected chi connectivity index (χ0v) is 6.19. The Bertz CT molecular complexity index is 84.3. The highest BCUT2D eigenvalue weighted by atomic mass is 32.1. The molecule has 0 bridgehead atoms. The van der Waals surface area contributed by atoms with Crippen LogP contribution in [0.2, 0.25) is 0 Å². The Hall–Kier alpha value is -0.220. The van der Waals surface area contributed by atoms with Crippen LogP contribution < -0.4 is 0 Å². The molecule has 0 unspecified atom stereocenters. The SMILES string of the molecule is CCC(=O)OCCOS. The van der Waals surface area contributed by atoms with Crippen molar-refractivity contribution in [2.75, 3.05) is 13.2 Å². The number of carbonyl (C=O) groups excluding carboxylic acids is 1. The maximum atomic E-state index is 10.4. The molecule has 0 radical (unpaired) electrons. The second-order valence-electron chi connectivity index (χ2n) is 1.41. The number of ether oxygens (including phenoxy) is 1.